The number of benzene rings is 2. The van der Waals surface area contributed by atoms with Crippen molar-refractivity contribution in [1.82, 2.24) is 14.7 Å². The van der Waals surface area contributed by atoms with Gasteiger partial charge in [-0.15, -0.1) is 0 Å². The average molecular weight is 403 g/mol. The lowest BCUT2D eigenvalue weighted by molar-refractivity contribution is 0.0946. The van der Waals surface area contributed by atoms with E-state index in [4.69, 9.17) is 4.74 Å². The first kappa shape index (κ1) is 19.6. The fourth-order valence-corrected chi connectivity index (χ4v) is 3.62. The van der Waals surface area contributed by atoms with Gasteiger partial charge >= 0.3 is 0 Å². The second kappa shape index (κ2) is 7.99. The minimum absolute atomic E-state index is 0.106. The third-order valence-corrected chi connectivity index (χ3v) is 5.08. The Morgan fingerprint density at radius 2 is 1.80 bits per heavy atom. The number of carbonyl (C=O) groups is 1. The summed E-state index contributed by atoms with van der Waals surface area (Å²) >= 11 is 0. The summed E-state index contributed by atoms with van der Waals surface area (Å²) < 4.78 is 21.0. The Morgan fingerprint density at radius 1 is 1.07 bits per heavy atom. The Morgan fingerprint density at radius 3 is 2.50 bits per heavy atom. The van der Waals surface area contributed by atoms with Crippen molar-refractivity contribution < 1.29 is 13.9 Å². The van der Waals surface area contributed by atoms with Crippen LogP contribution in [-0.4, -0.2) is 22.4 Å². The highest BCUT2D eigenvalue weighted by molar-refractivity contribution is 5.92. The van der Waals surface area contributed by atoms with Gasteiger partial charge in [0.05, 0.1) is 7.11 Å². The van der Waals surface area contributed by atoms with Gasteiger partial charge in [-0.05, 0) is 66.4 Å². The molecule has 1 amide bonds. The fourth-order valence-electron chi connectivity index (χ4n) is 3.62. The Balaban J connectivity index is 1.58. The summed E-state index contributed by atoms with van der Waals surface area (Å²) in [5, 5.41) is 2.72. The molecule has 0 aliphatic heterocycles. The van der Waals surface area contributed by atoms with Crippen molar-refractivity contribution in [3.63, 3.8) is 0 Å². The van der Waals surface area contributed by atoms with Gasteiger partial charge < -0.3 is 14.5 Å². The minimum atomic E-state index is -0.348. The highest BCUT2D eigenvalue weighted by atomic mass is 19.1. The molecule has 30 heavy (non-hydrogen) atoms. The van der Waals surface area contributed by atoms with E-state index >= 15 is 0 Å². The van der Waals surface area contributed by atoms with E-state index in [0.29, 0.717) is 11.2 Å². The van der Waals surface area contributed by atoms with Crippen molar-refractivity contribution in [1.29, 1.82) is 0 Å². The largest absolute Gasteiger partial charge is 0.496 e. The molecule has 0 aliphatic rings. The Labute approximate surface area is 174 Å². The van der Waals surface area contributed by atoms with Crippen LogP contribution in [0.5, 0.6) is 5.75 Å². The van der Waals surface area contributed by atoms with Gasteiger partial charge in [0, 0.05) is 24.5 Å². The number of pyridine rings is 1. The van der Waals surface area contributed by atoms with E-state index in [1.165, 1.54) is 6.07 Å². The zero-order chi connectivity index (χ0) is 21.3. The van der Waals surface area contributed by atoms with Crippen molar-refractivity contribution in [2.24, 2.45) is 0 Å². The molecule has 0 aliphatic carbocycles. The first-order chi connectivity index (χ1) is 14.5. The number of amides is 1. The summed E-state index contributed by atoms with van der Waals surface area (Å²) in [7, 11) is 1.67. The summed E-state index contributed by atoms with van der Waals surface area (Å²) in [6, 6.07) is 14.4. The first-order valence-corrected chi connectivity index (χ1v) is 9.62. The van der Waals surface area contributed by atoms with E-state index in [9.17, 15) is 9.18 Å². The molecule has 1 N–H and O–H groups in total. The number of nitrogens with one attached hydrogen (secondary N) is 1. The number of aromatic nitrogens is 2. The van der Waals surface area contributed by atoms with Crippen LogP contribution in [0.15, 0.2) is 60.9 Å². The van der Waals surface area contributed by atoms with E-state index in [1.807, 2.05) is 36.6 Å². The zero-order valence-electron chi connectivity index (χ0n) is 17.1. The van der Waals surface area contributed by atoms with Gasteiger partial charge in [-0.3, -0.25) is 4.79 Å². The summed E-state index contributed by atoms with van der Waals surface area (Å²) in [6.45, 7) is 4.14. The number of aryl methyl sites for hydroxylation is 2. The number of ether oxygens (including phenoxy) is 1. The lowest BCUT2D eigenvalue weighted by Gasteiger charge is -2.11. The molecule has 0 radical (unpaired) electrons. The number of imidazole rings is 1. The summed E-state index contributed by atoms with van der Waals surface area (Å²) in [6.07, 6.45) is 3.62. The van der Waals surface area contributed by atoms with Crippen LogP contribution < -0.4 is 10.1 Å². The van der Waals surface area contributed by atoms with Crippen LogP contribution in [0.3, 0.4) is 0 Å². The molecule has 6 heteroatoms. The molecule has 2 aromatic carbocycles. The second-order valence-corrected chi connectivity index (χ2v) is 7.23. The number of nitrogens with zero attached hydrogens (tertiary/aromatic N) is 2. The molecule has 0 saturated carbocycles. The zero-order valence-corrected chi connectivity index (χ0v) is 17.1. The highest BCUT2D eigenvalue weighted by Crippen LogP contribution is 2.30. The molecule has 2 aromatic heterocycles. The van der Waals surface area contributed by atoms with Crippen molar-refractivity contribution in [2.45, 2.75) is 20.4 Å². The second-order valence-electron chi connectivity index (χ2n) is 7.23. The van der Waals surface area contributed by atoms with Gasteiger partial charge in [-0.2, -0.15) is 0 Å². The van der Waals surface area contributed by atoms with Crippen LogP contribution >= 0.6 is 0 Å². The Hall–Kier alpha value is -3.67. The van der Waals surface area contributed by atoms with Crippen molar-refractivity contribution in [2.75, 3.05) is 7.11 Å². The molecule has 0 unspecified atom stereocenters. The monoisotopic (exact) mass is 403 g/mol. The van der Waals surface area contributed by atoms with Gasteiger partial charge in [-0.25, -0.2) is 9.37 Å². The predicted molar refractivity (Wildman–Crippen MR) is 114 cm³/mol. The van der Waals surface area contributed by atoms with E-state index in [1.54, 1.807) is 31.5 Å². The molecular formula is C24H22FN3O2. The van der Waals surface area contributed by atoms with E-state index in [0.717, 1.165) is 28.0 Å². The molecule has 0 spiro atoms. The molecule has 0 fully saturated rings. The van der Waals surface area contributed by atoms with E-state index in [2.05, 4.69) is 22.4 Å². The third kappa shape index (κ3) is 3.76. The van der Waals surface area contributed by atoms with Crippen LogP contribution in [0, 0.1) is 19.7 Å². The summed E-state index contributed by atoms with van der Waals surface area (Å²) in [4.78, 5) is 16.9. The molecule has 2 heterocycles. The Kier molecular flexibility index (Phi) is 5.23. The predicted octanol–water partition coefficient (Wildman–Crippen LogP) is 4.70. The van der Waals surface area contributed by atoms with Gasteiger partial charge in [0.25, 0.3) is 5.91 Å². The number of rotatable bonds is 5. The SMILES string of the molecule is COc1c(C)cc(-c2ccc3nc(C(=O)NCc4ccccc4F)cn3c2)cc1C. The number of halogens is 1. The topological polar surface area (TPSA) is 55.6 Å². The number of methoxy groups -OCH3 is 1. The lowest BCUT2D eigenvalue weighted by Crippen LogP contribution is -2.23. The lowest BCUT2D eigenvalue weighted by atomic mass is 10.0. The van der Waals surface area contributed by atoms with E-state index < -0.39 is 0 Å². The van der Waals surface area contributed by atoms with Gasteiger partial charge in [0.15, 0.2) is 0 Å². The normalized spacial score (nSPS) is 10.9. The molecule has 0 atom stereocenters. The van der Waals surface area contributed by atoms with Gasteiger partial charge in [0.2, 0.25) is 0 Å². The standard InChI is InChI=1S/C24H22FN3O2/c1-15-10-19(11-16(2)23(15)30-3)18-8-9-22-27-21(14-28(22)13-18)24(29)26-12-17-6-4-5-7-20(17)25/h4-11,13-14H,12H2,1-3H3,(H,26,29). The molecule has 4 rings (SSSR count). The maximum atomic E-state index is 13.7. The van der Waals surface area contributed by atoms with Crippen LogP contribution in [0.2, 0.25) is 0 Å². The third-order valence-electron chi connectivity index (χ3n) is 5.08. The van der Waals surface area contributed by atoms with Gasteiger partial charge in [-0.1, -0.05) is 18.2 Å². The van der Waals surface area contributed by atoms with Crippen molar-refractivity contribution in [3.8, 4) is 16.9 Å². The fraction of sp³-hybridized carbons (Fsp3) is 0.167. The minimum Gasteiger partial charge on any atom is -0.496 e. The highest BCUT2D eigenvalue weighted by Gasteiger charge is 2.13. The molecule has 5 nitrogen and oxygen atoms in total. The molecule has 4 aromatic rings. The molecule has 152 valence electrons. The number of hydrogen-bond donors (Lipinski definition) is 1. The first-order valence-electron chi connectivity index (χ1n) is 9.62. The van der Waals surface area contributed by atoms with Crippen LogP contribution in [0.25, 0.3) is 16.8 Å². The quantitative estimate of drug-likeness (QED) is 0.526. The smallest absolute Gasteiger partial charge is 0.271 e. The summed E-state index contributed by atoms with van der Waals surface area (Å²) in [5.41, 5.74) is 5.57. The Bertz CT molecular complexity index is 1220. The van der Waals surface area contributed by atoms with Crippen molar-refractivity contribution >= 4 is 11.6 Å². The van der Waals surface area contributed by atoms with Crippen LogP contribution in [0.4, 0.5) is 4.39 Å². The molecule has 0 saturated heterocycles. The van der Waals surface area contributed by atoms with Crippen LogP contribution in [0.1, 0.15) is 27.2 Å². The van der Waals surface area contributed by atoms with Crippen molar-refractivity contribution in [3.05, 3.63) is 89.1 Å². The average Bonchev–Trinajstić information content (AvgIpc) is 3.16. The number of fused-ring (bicyclic) bond motifs is 1. The molecular weight excluding hydrogens is 381 g/mol. The molecule has 0 bridgehead atoms. The number of hydrogen-bond acceptors (Lipinski definition) is 3. The summed E-state index contributed by atoms with van der Waals surface area (Å²) in [5.74, 6) is 0.193. The van der Waals surface area contributed by atoms with Gasteiger partial charge in [0.1, 0.15) is 22.9 Å². The maximum absolute atomic E-state index is 13.7. The van der Waals surface area contributed by atoms with E-state index in [-0.39, 0.29) is 24.0 Å². The maximum Gasteiger partial charge on any atom is 0.271 e. The number of carbonyl (C=O) groups excluding carboxylic acids is 1. The van der Waals surface area contributed by atoms with Crippen LogP contribution in [-0.2, 0) is 6.54 Å².